The zero-order valence-corrected chi connectivity index (χ0v) is 16.5. The molecule has 26 heavy (non-hydrogen) atoms. The lowest BCUT2D eigenvalue weighted by atomic mass is 10.2. The molecule has 0 atom stereocenters. The highest BCUT2D eigenvalue weighted by Crippen LogP contribution is 2.17. The van der Waals surface area contributed by atoms with Crippen LogP contribution in [0, 0.1) is 0 Å². The zero-order chi connectivity index (χ0) is 19.4. The molecule has 0 aliphatic carbocycles. The lowest BCUT2D eigenvalue weighted by Crippen LogP contribution is -2.22. The normalized spacial score (nSPS) is 12.0. The lowest BCUT2D eigenvalue weighted by Gasteiger charge is -2.12. The van der Waals surface area contributed by atoms with Gasteiger partial charge in [-0.15, -0.1) is 0 Å². The van der Waals surface area contributed by atoms with Gasteiger partial charge < -0.3 is 5.32 Å². The molecule has 2 aromatic rings. The molecule has 0 aromatic heterocycles. The standard InChI is InChI=1S/C17H23N3O4S2/c1-13(2)26(23,24)20-17-6-4-14(5-7-17)12-18-15-8-10-16(11-9-15)19-25(3,21)22/h4-11,13,18-20H,12H2,1-3H3. The molecule has 0 heterocycles. The minimum atomic E-state index is -3.35. The van der Waals surface area contributed by atoms with Crippen LogP contribution in [0.2, 0.25) is 0 Å². The van der Waals surface area contributed by atoms with E-state index in [1.54, 1.807) is 50.2 Å². The fraction of sp³-hybridized carbons (Fsp3) is 0.294. The molecule has 0 spiro atoms. The lowest BCUT2D eigenvalue weighted by molar-refractivity contribution is 0.592. The summed E-state index contributed by atoms with van der Waals surface area (Å²) in [7, 11) is -6.64. The van der Waals surface area contributed by atoms with E-state index >= 15 is 0 Å². The molecular formula is C17H23N3O4S2. The maximum Gasteiger partial charge on any atom is 0.235 e. The van der Waals surface area contributed by atoms with E-state index in [2.05, 4.69) is 14.8 Å². The quantitative estimate of drug-likeness (QED) is 0.635. The Morgan fingerprint density at radius 3 is 1.73 bits per heavy atom. The van der Waals surface area contributed by atoms with Crippen molar-refractivity contribution in [3.8, 4) is 0 Å². The summed E-state index contributed by atoms with van der Waals surface area (Å²) in [5.41, 5.74) is 2.85. The molecule has 2 rings (SSSR count). The molecular weight excluding hydrogens is 374 g/mol. The Labute approximate surface area is 154 Å². The summed E-state index contributed by atoms with van der Waals surface area (Å²) < 4.78 is 51.0. The van der Waals surface area contributed by atoms with E-state index < -0.39 is 25.3 Å². The molecule has 142 valence electrons. The van der Waals surface area contributed by atoms with Gasteiger partial charge in [-0.2, -0.15) is 0 Å². The molecule has 2 aromatic carbocycles. The van der Waals surface area contributed by atoms with Crippen molar-refractivity contribution in [2.24, 2.45) is 0 Å². The smallest absolute Gasteiger partial charge is 0.235 e. The van der Waals surface area contributed by atoms with Gasteiger partial charge in [0.2, 0.25) is 20.0 Å². The first-order chi connectivity index (χ1) is 12.0. The summed E-state index contributed by atoms with van der Waals surface area (Å²) in [5.74, 6) is 0. The monoisotopic (exact) mass is 397 g/mol. The van der Waals surface area contributed by atoms with Crippen LogP contribution >= 0.6 is 0 Å². The second-order valence-electron chi connectivity index (χ2n) is 6.20. The molecule has 0 aliphatic heterocycles. The number of hydrogen-bond donors (Lipinski definition) is 3. The molecule has 0 saturated heterocycles. The van der Waals surface area contributed by atoms with Gasteiger partial charge in [0.05, 0.1) is 11.5 Å². The molecule has 0 unspecified atom stereocenters. The highest BCUT2D eigenvalue weighted by molar-refractivity contribution is 7.93. The first-order valence-electron chi connectivity index (χ1n) is 7.97. The first kappa shape index (κ1) is 20.1. The summed E-state index contributed by atoms with van der Waals surface area (Å²) in [4.78, 5) is 0. The Morgan fingerprint density at radius 1 is 0.769 bits per heavy atom. The van der Waals surface area contributed by atoms with Gasteiger partial charge in [-0.3, -0.25) is 9.44 Å². The van der Waals surface area contributed by atoms with E-state index in [1.807, 2.05) is 12.1 Å². The maximum absolute atomic E-state index is 11.8. The topological polar surface area (TPSA) is 104 Å². The van der Waals surface area contributed by atoms with Gasteiger partial charge in [-0.25, -0.2) is 16.8 Å². The molecule has 0 bridgehead atoms. The number of nitrogens with one attached hydrogen (secondary N) is 3. The predicted molar refractivity (Wildman–Crippen MR) is 106 cm³/mol. The van der Waals surface area contributed by atoms with E-state index in [1.165, 1.54) is 0 Å². The number of hydrogen-bond acceptors (Lipinski definition) is 5. The first-order valence-corrected chi connectivity index (χ1v) is 11.4. The van der Waals surface area contributed by atoms with Gasteiger partial charge in [-0.05, 0) is 55.8 Å². The SMILES string of the molecule is CC(C)S(=O)(=O)Nc1ccc(CNc2ccc(NS(C)(=O)=O)cc2)cc1. The minimum absolute atomic E-state index is 0.496. The molecule has 0 aliphatic rings. The third-order valence-electron chi connectivity index (χ3n) is 3.52. The summed E-state index contributed by atoms with van der Waals surface area (Å²) in [6.45, 7) is 3.80. The summed E-state index contributed by atoms with van der Waals surface area (Å²) in [5, 5.41) is 2.72. The molecule has 3 N–H and O–H groups in total. The van der Waals surface area contributed by atoms with E-state index in [4.69, 9.17) is 0 Å². The van der Waals surface area contributed by atoms with Crippen molar-refractivity contribution >= 4 is 37.1 Å². The van der Waals surface area contributed by atoms with Crippen molar-refractivity contribution in [3.05, 3.63) is 54.1 Å². The van der Waals surface area contributed by atoms with Gasteiger partial charge in [0.15, 0.2) is 0 Å². The zero-order valence-electron chi connectivity index (χ0n) is 14.9. The fourth-order valence-corrected chi connectivity index (χ4v) is 3.31. The fourth-order valence-electron chi connectivity index (χ4n) is 2.05. The van der Waals surface area contributed by atoms with Crippen LogP contribution in [-0.4, -0.2) is 28.3 Å². The van der Waals surface area contributed by atoms with Crippen LogP contribution in [0.25, 0.3) is 0 Å². The van der Waals surface area contributed by atoms with Crippen LogP contribution in [-0.2, 0) is 26.6 Å². The van der Waals surface area contributed by atoms with E-state index in [9.17, 15) is 16.8 Å². The van der Waals surface area contributed by atoms with Crippen LogP contribution in [0.4, 0.5) is 17.1 Å². The molecule has 0 saturated carbocycles. The van der Waals surface area contributed by atoms with E-state index in [0.29, 0.717) is 17.9 Å². The summed E-state index contributed by atoms with van der Waals surface area (Å²) >= 11 is 0. The highest BCUT2D eigenvalue weighted by atomic mass is 32.2. The third kappa shape index (κ3) is 6.23. The Morgan fingerprint density at radius 2 is 1.23 bits per heavy atom. The third-order valence-corrected chi connectivity index (χ3v) is 5.89. The summed E-state index contributed by atoms with van der Waals surface area (Å²) in [6.07, 6.45) is 1.10. The molecule has 7 nitrogen and oxygen atoms in total. The van der Waals surface area contributed by atoms with Gasteiger partial charge in [-0.1, -0.05) is 12.1 Å². The Balaban J connectivity index is 1.94. The number of benzene rings is 2. The highest BCUT2D eigenvalue weighted by Gasteiger charge is 2.15. The van der Waals surface area contributed by atoms with Crippen molar-refractivity contribution in [3.63, 3.8) is 0 Å². The van der Waals surface area contributed by atoms with Gasteiger partial charge >= 0.3 is 0 Å². The average Bonchev–Trinajstić information content (AvgIpc) is 2.54. The van der Waals surface area contributed by atoms with Crippen molar-refractivity contribution in [2.75, 3.05) is 21.0 Å². The van der Waals surface area contributed by atoms with Crippen LogP contribution in [0.1, 0.15) is 19.4 Å². The van der Waals surface area contributed by atoms with Crippen molar-refractivity contribution in [1.29, 1.82) is 0 Å². The van der Waals surface area contributed by atoms with Crippen LogP contribution < -0.4 is 14.8 Å². The Kier molecular flexibility index (Phi) is 6.14. The number of rotatable bonds is 8. The van der Waals surface area contributed by atoms with Crippen LogP contribution in [0.15, 0.2) is 48.5 Å². The van der Waals surface area contributed by atoms with Crippen molar-refractivity contribution in [2.45, 2.75) is 25.6 Å². The minimum Gasteiger partial charge on any atom is -0.381 e. The largest absolute Gasteiger partial charge is 0.381 e. The van der Waals surface area contributed by atoms with E-state index in [-0.39, 0.29) is 0 Å². The molecule has 9 heteroatoms. The maximum atomic E-state index is 11.8. The van der Waals surface area contributed by atoms with Gasteiger partial charge in [0.25, 0.3) is 0 Å². The Bertz CT molecular complexity index is 937. The van der Waals surface area contributed by atoms with Gasteiger partial charge in [0.1, 0.15) is 0 Å². The predicted octanol–water partition coefficient (Wildman–Crippen LogP) is 2.82. The molecule has 0 radical (unpaired) electrons. The van der Waals surface area contributed by atoms with Crippen molar-refractivity contribution < 1.29 is 16.8 Å². The number of anilines is 3. The second kappa shape index (κ2) is 7.96. The van der Waals surface area contributed by atoms with Crippen molar-refractivity contribution in [1.82, 2.24) is 0 Å². The molecule has 0 fully saturated rings. The second-order valence-corrected chi connectivity index (χ2v) is 10.2. The van der Waals surface area contributed by atoms with Crippen LogP contribution in [0.3, 0.4) is 0 Å². The summed E-state index contributed by atoms with van der Waals surface area (Å²) in [6, 6.07) is 14.0. The Hall–Kier alpha value is -2.26. The number of sulfonamides is 2. The average molecular weight is 398 g/mol. The molecule has 0 amide bonds. The van der Waals surface area contributed by atoms with Gasteiger partial charge in [0, 0.05) is 23.6 Å². The van der Waals surface area contributed by atoms with E-state index in [0.717, 1.165) is 17.5 Å². The van der Waals surface area contributed by atoms with Crippen LogP contribution in [0.5, 0.6) is 0 Å².